The number of hydrogen-bond acceptors (Lipinski definition) is 0. The highest BCUT2D eigenvalue weighted by Gasteiger charge is 2.13. The fraction of sp³-hybridized carbons (Fsp3) is 0.0769. The summed E-state index contributed by atoms with van der Waals surface area (Å²) < 4.78 is 0. The van der Waals surface area contributed by atoms with Gasteiger partial charge in [0.1, 0.15) is 0 Å². The van der Waals surface area contributed by atoms with Gasteiger partial charge in [-0.05, 0) is 133 Å². The van der Waals surface area contributed by atoms with E-state index >= 15 is 0 Å². The van der Waals surface area contributed by atoms with Crippen molar-refractivity contribution < 1.29 is 0 Å². The highest BCUT2D eigenvalue weighted by molar-refractivity contribution is 6.32. The molecule has 52 heavy (non-hydrogen) atoms. The minimum Gasteiger partial charge on any atom is -0.0763 e. The van der Waals surface area contributed by atoms with Gasteiger partial charge in [-0.2, -0.15) is 0 Å². The van der Waals surface area contributed by atoms with E-state index in [0.29, 0.717) is 0 Å². The zero-order valence-electron chi connectivity index (χ0n) is 29.0. The monoisotopic (exact) mass is 660 g/mol. The molecule has 0 saturated heterocycles. The molecule has 0 saturated carbocycles. The van der Waals surface area contributed by atoms with E-state index in [4.69, 9.17) is 0 Å². The molecule has 0 aromatic heterocycles. The lowest BCUT2D eigenvalue weighted by atomic mass is 9.90. The minimum absolute atomic E-state index is 1.18. The maximum Gasteiger partial charge on any atom is -0.00264 e. The van der Waals surface area contributed by atoms with Gasteiger partial charge in [-0.3, -0.25) is 0 Å². The van der Waals surface area contributed by atoms with Gasteiger partial charge in [0.15, 0.2) is 0 Å². The molecule has 0 aliphatic heterocycles. The fourth-order valence-corrected chi connectivity index (χ4v) is 9.47. The van der Waals surface area contributed by atoms with Crippen molar-refractivity contribution in [3.63, 3.8) is 0 Å². The Balaban J connectivity index is 0.0000000933. The molecule has 0 nitrogen and oxygen atoms in total. The van der Waals surface area contributed by atoms with E-state index in [2.05, 4.69) is 170 Å². The number of hydrogen-bond donors (Lipinski definition) is 0. The van der Waals surface area contributed by atoms with E-state index in [1.54, 1.807) is 0 Å². The molecular formula is C52H36. The molecule has 0 unspecified atom stereocenters. The second-order valence-corrected chi connectivity index (χ2v) is 14.6. The van der Waals surface area contributed by atoms with Crippen molar-refractivity contribution in [3.05, 3.63) is 179 Å². The molecule has 0 spiro atoms. The maximum absolute atomic E-state index is 2.37. The molecule has 0 heterocycles. The van der Waals surface area contributed by atoms with Crippen LogP contribution in [-0.4, -0.2) is 0 Å². The highest BCUT2D eigenvalue weighted by Crippen LogP contribution is 2.40. The summed E-state index contributed by atoms with van der Waals surface area (Å²) in [5, 5.41) is 25.1. The second-order valence-electron chi connectivity index (χ2n) is 14.6. The molecule has 0 N–H and O–H groups in total. The van der Waals surface area contributed by atoms with Crippen molar-refractivity contribution in [2.75, 3.05) is 0 Å². The summed E-state index contributed by atoms with van der Waals surface area (Å²) in [6.45, 7) is 0. The van der Waals surface area contributed by atoms with Crippen molar-refractivity contribution in [2.45, 2.75) is 25.7 Å². The van der Waals surface area contributed by atoms with Crippen LogP contribution >= 0.6 is 0 Å². The Kier molecular flexibility index (Phi) is 6.61. The van der Waals surface area contributed by atoms with Crippen LogP contribution in [0.3, 0.4) is 0 Å². The van der Waals surface area contributed by atoms with Gasteiger partial charge in [-0.25, -0.2) is 0 Å². The molecule has 0 amide bonds. The zero-order chi connectivity index (χ0) is 34.2. The molecule has 2 aliphatic rings. The topological polar surface area (TPSA) is 0 Å². The first-order valence-corrected chi connectivity index (χ1v) is 18.7. The molecule has 0 fully saturated rings. The molecule has 0 bridgehead atoms. The molecule has 13 rings (SSSR count). The van der Waals surface area contributed by atoms with Crippen LogP contribution in [-0.2, 0) is 12.8 Å². The number of fused-ring (bicyclic) bond motifs is 2. The summed E-state index contributed by atoms with van der Waals surface area (Å²) in [6, 6.07) is 57.7. The van der Waals surface area contributed by atoms with Gasteiger partial charge in [0.25, 0.3) is 0 Å². The Morgan fingerprint density at radius 2 is 0.558 bits per heavy atom. The average Bonchev–Trinajstić information content (AvgIpc) is 3.21. The van der Waals surface area contributed by atoms with Crippen LogP contribution in [0, 0.1) is 0 Å². The van der Waals surface area contributed by atoms with E-state index in [1.807, 2.05) is 0 Å². The third-order valence-electron chi connectivity index (χ3n) is 11.7. The molecule has 244 valence electrons. The largest absolute Gasteiger partial charge is 0.0763 e. The lowest BCUT2D eigenvalue weighted by Gasteiger charge is -2.14. The summed E-state index contributed by atoms with van der Waals surface area (Å²) in [6.07, 6.45) is 9.48. The first-order valence-electron chi connectivity index (χ1n) is 18.7. The normalized spacial score (nSPS) is 13.4. The molecule has 0 atom stereocenters. The van der Waals surface area contributed by atoms with E-state index in [9.17, 15) is 0 Å². The van der Waals surface area contributed by atoms with Gasteiger partial charge in [-0.1, -0.05) is 170 Å². The van der Waals surface area contributed by atoms with E-state index in [0.717, 1.165) is 0 Å². The Morgan fingerprint density at radius 3 is 0.923 bits per heavy atom. The number of aryl methyl sites for hydroxylation is 2. The molecule has 11 aromatic carbocycles. The minimum atomic E-state index is 1.18. The SMILES string of the molecule is C1=c2ccc3cccc4ccc(c2c43)CC1.C1=c2ccc3cccc4ccc(c2c43)CC1.c1cc2cccc3c4cccc5cccc(c(c1)c23)c54. The smallest absolute Gasteiger partial charge is 0.00264 e. The van der Waals surface area contributed by atoms with E-state index in [-0.39, 0.29) is 0 Å². The van der Waals surface area contributed by atoms with Crippen molar-refractivity contribution in [2.24, 2.45) is 0 Å². The second kappa shape index (κ2) is 11.7. The summed E-state index contributed by atoms with van der Waals surface area (Å²) in [5.41, 5.74) is 3.03. The summed E-state index contributed by atoms with van der Waals surface area (Å²) >= 11 is 0. The summed E-state index contributed by atoms with van der Waals surface area (Å²) in [5.74, 6) is 0. The van der Waals surface area contributed by atoms with Crippen molar-refractivity contribution >= 4 is 98.3 Å². The van der Waals surface area contributed by atoms with E-state index < -0.39 is 0 Å². The summed E-state index contributed by atoms with van der Waals surface area (Å²) in [4.78, 5) is 0. The van der Waals surface area contributed by atoms with Crippen molar-refractivity contribution in [1.29, 1.82) is 0 Å². The van der Waals surface area contributed by atoms with Crippen LogP contribution in [0.1, 0.15) is 24.0 Å². The average molecular weight is 661 g/mol. The predicted molar refractivity (Wildman–Crippen MR) is 227 cm³/mol. The Hall–Kier alpha value is -6.24. The van der Waals surface area contributed by atoms with E-state index in [1.165, 1.54) is 133 Å². The Morgan fingerprint density at radius 1 is 0.250 bits per heavy atom. The van der Waals surface area contributed by atoms with Crippen molar-refractivity contribution in [3.8, 4) is 0 Å². The molecule has 0 heteroatoms. The molecule has 0 radical (unpaired) electrons. The standard InChI is InChI=1S/C20H12.2C16H12/c1-5-13-6-2-11-17-18-12-4-8-14-7-3-10-16(20(14)18)15(9-1)19(13)17;2*1-3-11-7-9-13-5-2-6-14-10-8-12(4-1)15(11)16(13)14/h1-12H;2*1,3-5,7-10H,2,6H2. The lowest BCUT2D eigenvalue weighted by Crippen LogP contribution is -2.09. The third kappa shape index (κ3) is 4.47. The van der Waals surface area contributed by atoms with Gasteiger partial charge in [0.05, 0.1) is 0 Å². The molecule has 11 aromatic rings. The highest BCUT2D eigenvalue weighted by atomic mass is 14.2. The maximum atomic E-state index is 2.37. The van der Waals surface area contributed by atoms with Gasteiger partial charge < -0.3 is 0 Å². The molecular weight excluding hydrogens is 625 g/mol. The zero-order valence-corrected chi connectivity index (χ0v) is 29.0. The van der Waals surface area contributed by atoms with Gasteiger partial charge in [-0.15, -0.1) is 0 Å². The van der Waals surface area contributed by atoms with Crippen LogP contribution in [0.15, 0.2) is 158 Å². The first-order chi connectivity index (χ1) is 25.8. The predicted octanol–water partition coefficient (Wildman–Crippen LogP) is 12.6. The van der Waals surface area contributed by atoms with Crippen LogP contribution in [0.25, 0.3) is 98.3 Å². The Labute approximate surface area is 302 Å². The fourth-order valence-electron chi connectivity index (χ4n) is 9.47. The van der Waals surface area contributed by atoms with Crippen LogP contribution in [0.2, 0.25) is 0 Å². The lowest BCUT2D eigenvalue weighted by molar-refractivity contribution is 1.04. The molecule has 2 aliphatic carbocycles. The van der Waals surface area contributed by atoms with Gasteiger partial charge in [0, 0.05) is 0 Å². The number of benzene rings is 11. The van der Waals surface area contributed by atoms with Crippen molar-refractivity contribution in [1.82, 2.24) is 0 Å². The summed E-state index contributed by atoms with van der Waals surface area (Å²) in [7, 11) is 0. The van der Waals surface area contributed by atoms with Crippen LogP contribution in [0.4, 0.5) is 0 Å². The quantitative estimate of drug-likeness (QED) is 0.112. The van der Waals surface area contributed by atoms with Crippen LogP contribution < -0.4 is 10.4 Å². The third-order valence-corrected chi connectivity index (χ3v) is 11.7. The van der Waals surface area contributed by atoms with Crippen LogP contribution in [0.5, 0.6) is 0 Å². The van der Waals surface area contributed by atoms with Gasteiger partial charge >= 0.3 is 0 Å². The number of rotatable bonds is 0. The Bertz CT molecular complexity index is 2960. The first kappa shape index (κ1) is 29.5. The van der Waals surface area contributed by atoms with Gasteiger partial charge in [0.2, 0.25) is 0 Å².